The fourth-order valence-electron chi connectivity index (χ4n) is 4.44. The first kappa shape index (κ1) is 19.4. The molecule has 1 aromatic carbocycles. The summed E-state index contributed by atoms with van der Waals surface area (Å²) in [7, 11) is 0. The van der Waals surface area contributed by atoms with Crippen molar-refractivity contribution in [1.82, 2.24) is 10.2 Å². The van der Waals surface area contributed by atoms with Crippen molar-refractivity contribution in [2.24, 2.45) is 5.92 Å². The zero-order valence-electron chi connectivity index (χ0n) is 16.7. The van der Waals surface area contributed by atoms with E-state index in [1.54, 1.807) is 0 Å². The Hall–Kier alpha value is -1.35. The van der Waals surface area contributed by atoms with Crippen molar-refractivity contribution in [3.8, 4) is 0 Å². The SMILES string of the molecule is CC(C)c1ccc(CCC(=O)NC2CCN(CC3CCCC3)CC2)cc1. The summed E-state index contributed by atoms with van der Waals surface area (Å²) in [5, 5.41) is 3.27. The lowest BCUT2D eigenvalue weighted by atomic mass is 10.00. The largest absolute Gasteiger partial charge is 0.353 e. The molecule has 2 aliphatic rings. The monoisotopic (exact) mass is 356 g/mol. The highest BCUT2D eigenvalue weighted by Gasteiger charge is 2.24. The molecule has 0 spiro atoms. The van der Waals surface area contributed by atoms with Crippen LogP contribution in [0.5, 0.6) is 0 Å². The highest BCUT2D eigenvalue weighted by molar-refractivity contribution is 5.76. The third kappa shape index (κ3) is 5.84. The highest BCUT2D eigenvalue weighted by atomic mass is 16.1. The summed E-state index contributed by atoms with van der Waals surface area (Å²) in [4.78, 5) is 14.9. The minimum absolute atomic E-state index is 0.215. The molecule has 3 nitrogen and oxygen atoms in total. The standard InChI is InChI=1S/C23H36N2O/c1-18(2)21-10-7-19(8-11-21)9-12-23(26)24-22-13-15-25(16-14-22)17-20-5-3-4-6-20/h7-8,10-11,18,20,22H,3-6,9,12-17H2,1-2H3,(H,24,26). The van der Waals surface area contributed by atoms with Crippen molar-refractivity contribution in [3.05, 3.63) is 35.4 Å². The molecule has 0 unspecified atom stereocenters. The number of hydrogen-bond acceptors (Lipinski definition) is 2. The topological polar surface area (TPSA) is 32.3 Å². The number of amides is 1. The van der Waals surface area contributed by atoms with Crippen molar-refractivity contribution in [3.63, 3.8) is 0 Å². The molecule has 1 N–H and O–H groups in total. The summed E-state index contributed by atoms with van der Waals surface area (Å²) in [5.74, 6) is 1.71. The fourth-order valence-corrected chi connectivity index (χ4v) is 4.44. The maximum Gasteiger partial charge on any atom is 0.220 e. The van der Waals surface area contributed by atoms with Crippen LogP contribution in [0.15, 0.2) is 24.3 Å². The van der Waals surface area contributed by atoms with Crippen LogP contribution in [-0.4, -0.2) is 36.5 Å². The van der Waals surface area contributed by atoms with Gasteiger partial charge in [-0.3, -0.25) is 4.79 Å². The molecule has 1 aromatic rings. The molecule has 0 bridgehead atoms. The number of nitrogens with zero attached hydrogens (tertiary/aromatic N) is 1. The fraction of sp³-hybridized carbons (Fsp3) is 0.696. The van der Waals surface area contributed by atoms with Crippen molar-refractivity contribution in [2.45, 2.75) is 77.2 Å². The van der Waals surface area contributed by atoms with Crippen molar-refractivity contribution >= 4 is 5.91 Å². The smallest absolute Gasteiger partial charge is 0.220 e. The minimum atomic E-state index is 0.215. The van der Waals surface area contributed by atoms with Crippen LogP contribution in [0.1, 0.15) is 75.8 Å². The first-order valence-corrected chi connectivity index (χ1v) is 10.7. The van der Waals surface area contributed by atoms with Gasteiger partial charge in [-0.05, 0) is 55.1 Å². The Morgan fingerprint density at radius 2 is 1.73 bits per heavy atom. The van der Waals surface area contributed by atoms with Crippen LogP contribution in [0.25, 0.3) is 0 Å². The number of benzene rings is 1. The maximum atomic E-state index is 12.3. The van der Waals surface area contributed by atoms with Gasteiger partial charge in [-0.25, -0.2) is 0 Å². The predicted molar refractivity (Wildman–Crippen MR) is 108 cm³/mol. The molecule has 0 atom stereocenters. The molecule has 1 aliphatic carbocycles. The average Bonchev–Trinajstić information content (AvgIpc) is 3.15. The van der Waals surface area contributed by atoms with Gasteiger partial charge in [-0.2, -0.15) is 0 Å². The molecule has 3 rings (SSSR count). The number of likely N-dealkylation sites (tertiary alicyclic amines) is 1. The number of carbonyl (C=O) groups is 1. The third-order valence-corrected chi connectivity index (χ3v) is 6.23. The van der Waals surface area contributed by atoms with E-state index in [4.69, 9.17) is 0 Å². The number of rotatable bonds is 7. The van der Waals surface area contributed by atoms with Gasteiger partial charge in [0.25, 0.3) is 0 Å². The van der Waals surface area contributed by atoms with E-state index in [0.717, 1.165) is 38.3 Å². The molecule has 1 heterocycles. The lowest BCUT2D eigenvalue weighted by Crippen LogP contribution is -2.45. The lowest BCUT2D eigenvalue weighted by Gasteiger charge is -2.33. The predicted octanol–water partition coefficient (Wildman–Crippen LogP) is 4.51. The number of hydrogen-bond donors (Lipinski definition) is 1. The Morgan fingerprint density at radius 1 is 1.08 bits per heavy atom. The molecule has 2 fully saturated rings. The van der Waals surface area contributed by atoms with E-state index in [9.17, 15) is 4.79 Å². The van der Waals surface area contributed by atoms with Crippen molar-refractivity contribution in [1.29, 1.82) is 0 Å². The molecule has 1 saturated carbocycles. The summed E-state index contributed by atoms with van der Waals surface area (Å²) in [6.07, 6.45) is 9.37. The summed E-state index contributed by atoms with van der Waals surface area (Å²) < 4.78 is 0. The molecule has 1 aliphatic heterocycles. The van der Waals surface area contributed by atoms with Crippen LogP contribution >= 0.6 is 0 Å². The maximum absolute atomic E-state index is 12.3. The van der Waals surface area contributed by atoms with Gasteiger partial charge < -0.3 is 10.2 Å². The number of aryl methyl sites for hydroxylation is 1. The number of piperidine rings is 1. The number of carbonyl (C=O) groups excluding carboxylic acids is 1. The third-order valence-electron chi connectivity index (χ3n) is 6.23. The summed E-state index contributed by atoms with van der Waals surface area (Å²) in [6, 6.07) is 9.11. The molecule has 26 heavy (non-hydrogen) atoms. The van der Waals surface area contributed by atoms with E-state index in [0.29, 0.717) is 18.4 Å². The molecule has 1 amide bonds. The molecular formula is C23H36N2O. The zero-order chi connectivity index (χ0) is 18.4. The second kappa shape index (κ2) is 9.55. The van der Waals surface area contributed by atoms with Gasteiger partial charge in [-0.15, -0.1) is 0 Å². The van der Waals surface area contributed by atoms with E-state index >= 15 is 0 Å². The van der Waals surface area contributed by atoms with Crippen LogP contribution in [0.3, 0.4) is 0 Å². The minimum Gasteiger partial charge on any atom is -0.353 e. The second-order valence-electron chi connectivity index (χ2n) is 8.69. The van der Waals surface area contributed by atoms with E-state index in [1.807, 2.05) is 0 Å². The van der Waals surface area contributed by atoms with Gasteiger partial charge >= 0.3 is 0 Å². The zero-order valence-corrected chi connectivity index (χ0v) is 16.7. The Kier molecular flexibility index (Phi) is 7.13. The molecular weight excluding hydrogens is 320 g/mol. The van der Waals surface area contributed by atoms with Gasteiger partial charge in [0.2, 0.25) is 5.91 Å². The summed E-state index contributed by atoms with van der Waals surface area (Å²) in [6.45, 7) is 8.01. The van der Waals surface area contributed by atoms with Crippen LogP contribution in [-0.2, 0) is 11.2 Å². The number of nitrogens with one attached hydrogen (secondary N) is 1. The summed E-state index contributed by atoms with van der Waals surface area (Å²) >= 11 is 0. The molecule has 1 saturated heterocycles. The molecule has 3 heteroatoms. The normalized spacial score (nSPS) is 20.0. The van der Waals surface area contributed by atoms with Gasteiger partial charge in [0.15, 0.2) is 0 Å². The van der Waals surface area contributed by atoms with E-state index < -0.39 is 0 Å². The van der Waals surface area contributed by atoms with Gasteiger partial charge in [-0.1, -0.05) is 51.0 Å². The molecule has 0 radical (unpaired) electrons. The quantitative estimate of drug-likeness (QED) is 0.779. The Labute approximate surface area is 159 Å². The van der Waals surface area contributed by atoms with Gasteiger partial charge in [0.05, 0.1) is 0 Å². The Balaban J connectivity index is 1.33. The van der Waals surface area contributed by atoms with Gasteiger partial charge in [0, 0.05) is 32.1 Å². The van der Waals surface area contributed by atoms with Crippen LogP contribution in [0.4, 0.5) is 0 Å². The molecule has 144 valence electrons. The lowest BCUT2D eigenvalue weighted by molar-refractivity contribution is -0.122. The summed E-state index contributed by atoms with van der Waals surface area (Å²) in [5.41, 5.74) is 2.62. The van der Waals surface area contributed by atoms with Gasteiger partial charge in [0.1, 0.15) is 0 Å². The van der Waals surface area contributed by atoms with Crippen LogP contribution in [0.2, 0.25) is 0 Å². The van der Waals surface area contributed by atoms with E-state index in [1.165, 1.54) is 43.4 Å². The van der Waals surface area contributed by atoms with Crippen molar-refractivity contribution < 1.29 is 4.79 Å². The second-order valence-corrected chi connectivity index (χ2v) is 8.69. The highest BCUT2D eigenvalue weighted by Crippen LogP contribution is 2.26. The average molecular weight is 357 g/mol. The van der Waals surface area contributed by atoms with Crippen LogP contribution < -0.4 is 5.32 Å². The van der Waals surface area contributed by atoms with Crippen molar-refractivity contribution in [2.75, 3.05) is 19.6 Å². The Bertz CT molecular complexity index is 552. The molecule has 0 aromatic heterocycles. The first-order chi connectivity index (χ1) is 12.6. The van der Waals surface area contributed by atoms with Crippen LogP contribution in [0, 0.1) is 5.92 Å². The van der Waals surface area contributed by atoms with E-state index in [-0.39, 0.29) is 5.91 Å². The Morgan fingerprint density at radius 3 is 2.35 bits per heavy atom. The first-order valence-electron chi connectivity index (χ1n) is 10.7. The van der Waals surface area contributed by atoms with E-state index in [2.05, 4.69) is 48.3 Å².